The number of aliphatic hydroxyl groups excluding tert-OH is 1. The van der Waals surface area contributed by atoms with Crippen LogP contribution in [-0.2, 0) is 17.9 Å². The third-order valence-corrected chi connectivity index (χ3v) is 4.57. The van der Waals surface area contributed by atoms with E-state index in [4.69, 9.17) is 0 Å². The minimum absolute atomic E-state index is 0.0684. The van der Waals surface area contributed by atoms with E-state index in [0.29, 0.717) is 19.5 Å². The Hall–Kier alpha value is -2.18. The SMILES string of the molecule is Cc1nn(Cc2ccccc2)c(C)c1CNC(=O)C1CC(O)CN1. The van der Waals surface area contributed by atoms with Crippen molar-refractivity contribution in [2.45, 2.75) is 45.5 Å². The number of aryl methyl sites for hydroxylation is 1. The lowest BCUT2D eigenvalue weighted by atomic mass is 10.1. The van der Waals surface area contributed by atoms with Gasteiger partial charge in [0.15, 0.2) is 0 Å². The summed E-state index contributed by atoms with van der Waals surface area (Å²) in [5.74, 6) is -0.0684. The average molecular weight is 328 g/mol. The molecule has 0 saturated carbocycles. The molecule has 1 aromatic carbocycles. The van der Waals surface area contributed by atoms with E-state index >= 15 is 0 Å². The molecular weight excluding hydrogens is 304 g/mol. The molecule has 6 nitrogen and oxygen atoms in total. The minimum atomic E-state index is -0.433. The van der Waals surface area contributed by atoms with Crippen molar-refractivity contribution in [1.29, 1.82) is 0 Å². The normalized spacial score (nSPS) is 20.3. The molecule has 2 unspecified atom stereocenters. The molecule has 6 heteroatoms. The quantitative estimate of drug-likeness (QED) is 0.761. The summed E-state index contributed by atoms with van der Waals surface area (Å²) in [7, 11) is 0. The summed E-state index contributed by atoms with van der Waals surface area (Å²) < 4.78 is 1.98. The maximum atomic E-state index is 12.2. The van der Waals surface area contributed by atoms with E-state index in [1.54, 1.807) is 0 Å². The first-order valence-electron chi connectivity index (χ1n) is 8.30. The lowest BCUT2D eigenvalue weighted by molar-refractivity contribution is -0.123. The van der Waals surface area contributed by atoms with E-state index in [0.717, 1.165) is 23.5 Å². The van der Waals surface area contributed by atoms with E-state index < -0.39 is 6.10 Å². The van der Waals surface area contributed by atoms with Crippen molar-refractivity contribution in [3.05, 3.63) is 52.8 Å². The number of nitrogens with zero attached hydrogens (tertiary/aromatic N) is 2. The van der Waals surface area contributed by atoms with Crippen molar-refractivity contribution in [1.82, 2.24) is 20.4 Å². The summed E-state index contributed by atoms with van der Waals surface area (Å²) in [4.78, 5) is 12.2. The number of carbonyl (C=O) groups excluding carboxylic acids is 1. The van der Waals surface area contributed by atoms with Crippen LogP contribution in [0.2, 0.25) is 0 Å². The smallest absolute Gasteiger partial charge is 0.237 e. The fraction of sp³-hybridized carbons (Fsp3) is 0.444. The summed E-state index contributed by atoms with van der Waals surface area (Å²) >= 11 is 0. The second-order valence-electron chi connectivity index (χ2n) is 6.36. The Kier molecular flexibility index (Phi) is 4.97. The van der Waals surface area contributed by atoms with Gasteiger partial charge in [-0.05, 0) is 25.8 Å². The molecule has 2 heterocycles. The van der Waals surface area contributed by atoms with Gasteiger partial charge >= 0.3 is 0 Å². The lowest BCUT2D eigenvalue weighted by Gasteiger charge is -2.11. The molecule has 3 N–H and O–H groups in total. The first-order chi connectivity index (χ1) is 11.5. The van der Waals surface area contributed by atoms with Gasteiger partial charge in [-0.15, -0.1) is 0 Å². The molecule has 2 atom stereocenters. The Morgan fingerprint density at radius 1 is 1.38 bits per heavy atom. The van der Waals surface area contributed by atoms with Crippen LogP contribution in [0.4, 0.5) is 0 Å². The van der Waals surface area contributed by atoms with E-state index in [2.05, 4.69) is 27.9 Å². The van der Waals surface area contributed by atoms with Crippen molar-refractivity contribution in [3.8, 4) is 0 Å². The molecule has 1 saturated heterocycles. The van der Waals surface area contributed by atoms with Crippen LogP contribution in [-0.4, -0.2) is 39.5 Å². The predicted molar refractivity (Wildman–Crippen MR) is 91.5 cm³/mol. The Balaban J connectivity index is 1.65. The van der Waals surface area contributed by atoms with E-state index in [-0.39, 0.29) is 11.9 Å². The van der Waals surface area contributed by atoms with Crippen LogP contribution >= 0.6 is 0 Å². The van der Waals surface area contributed by atoms with Crippen molar-refractivity contribution in [3.63, 3.8) is 0 Å². The molecular formula is C18H24N4O2. The maximum absolute atomic E-state index is 12.2. The second-order valence-corrected chi connectivity index (χ2v) is 6.36. The number of aromatic nitrogens is 2. The van der Waals surface area contributed by atoms with Crippen molar-refractivity contribution in [2.75, 3.05) is 6.54 Å². The van der Waals surface area contributed by atoms with Crippen LogP contribution in [0.1, 0.15) is 28.9 Å². The molecule has 0 spiro atoms. The molecule has 0 bridgehead atoms. The number of carbonyl (C=O) groups is 1. The largest absolute Gasteiger partial charge is 0.392 e. The van der Waals surface area contributed by atoms with Gasteiger partial charge in [0, 0.05) is 24.3 Å². The molecule has 0 radical (unpaired) electrons. The lowest BCUT2D eigenvalue weighted by Crippen LogP contribution is -2.40. The van der Waals surface area contributed by atoms with Crippen LogP contribution in [0.5, 0.6) is 0 Å². The summed E-state index contributed by atoms with van der Waals surface area (Å²) in [6, 6.07) is 9.89. The van der Waals surface area contributed by atoms with E-state index in [1.807, 2.05) is 36.7 Å². The third kappa shape index (κ3) is 3.66. The van der Waals surface area contributed by atoms with Crippen LogP contribution in [0.15, 0.2) is 30.3 Å². The highest BCUT2D eigenvalue weighted by Gasteiger charge is 2.28. The van der Waals surface area contributed by atoms with Gasteiger partial charge < -0.3 is 15.7 Å². The first kappa shape index (κ1) is 16.7. The topological polar surface area (TPSA) is 79.2 Å². The van der Waals surface area contributed by atoms with Gasteiger partial charge in [0.25, 0.3) is 0 Å². The Morgan fingerprint density at radius 2 is 2.12 bits per heavy atom. The summed E-state index contributed by atoms with van der Waals surface area (Å²) in [6.45, 7) is 5.65. The van der Waals surface area contributed by atoms with Gasteiger partial charge in [0.2, 0.25) is 5.91 Å². The standard InChI is InChI=1S/C18H24N4O2/c1-12-16(10-20-18(24)17-8-15(23)9-19-17)13(2)22(21-12)11-14-6-4-3-5-7-14/h3-7,15,17,19,23H,8-11H2,1-2H3,(H,20,24). The highest BCUT2D eigenvalue weighted by Crippen LogP contribution is 2.15. The van der Waals surface area contributed by atoms with Gasteiger partial charge in [-0.25, -0.2) is 0 Å². The summed E-state index contributed by atoms with van der Waals surface area (Å²) in [5.41, 5.74) is 4.25. The molecule has 2 aromatic rings. The first-order valence-corrected chi connectivity index (χ1v) is 8.30. The average Bonchev–Trinajstić information content (AvgIpc) is 3.11. The predicted octanol–water partition coefficient (Wildman–Crippen LogP) is 0.887. The monoisotopic (exact) mass is 328 g/mol. The Labute approximate surface area is 141 Å². The van der Waals surface area contributed by atoms with Crippen molar-refractivity contribution in [2.24, 2.45) is 0 Å². The zero-order chi connectivity index (χ0) is 17.1. The molecule has 0 aliphatic carbocycles. The number of rotatable bonds is 5. The fourth-order valence-corrected chi connectivity index (χ4v) is 3.12. The number of amides is 1. The molecule has 1 amide bonds. The Morgan fingerprint density at radius 3 is 2.79 bits per heavy atom. The van der Waals surface area contributed by atoms with Crippen LogP contribution in [0, 0.1) is 13.8 Å². The molecule has 24 heavy (non-hydrogen) atoms. The van der Waals surface area contributed by atoms with Crippen LogP contribution < -0.4 is 10.6 Å². The van der Waals surface area contributed by atoms with Gasteiger partial charge in [-0.2, -0.15) is 5.10 Å². The van der Waals surface area contributed by atoms with Gasteiger partial charge in [0.05, 0.1) is 24.4 Å². The van der Waals surface area contributed by atoms with Gasteiger partial charge in [-0.3, -0.25) is 9.48 Å². The fourth-order valence-electron chi connectivity index (χ4n) is 3.12. The number of hydrogen-bond donors (Lipinski definition) is 3. The zero-order valence-corrected chi connectivity index (χ0v) is 14.1. The number of benzene rings is 1. The maximum Gasteiger partial charge on any atom is 0.237 e. The van der Waals surface area contributed by atoms with Crippen LogP contribution in [0.3, 0.4) is 0 Å². The number of aliphatic hydroxyl groups is 1. The highest BCUT2D eigenvalue weighted by atomic mass is 16.3. The van der Waals surface area contributed by atoms with E-state index in [9.17, 15) is 9.90 Å². The highest BCUT2D eigenvalue weighted by molar-refractivity contribution is 5.82. The molecule has 1 aromatic heterocycles. The second kappa shape index (κ2) is 7.15. The molecule has 3 rings (SSSR count). The van der Waals surface area contributed by atoms with Crippen LogP contribution in [0.25, 0.3) is 0 Å². The molecule has 1 fully saturated rings. The van der Waals surface area contributed by atoms with Crippen molar-refractivity contribution < 1.29 is 9.90 Å². The molecule has 1 aliphatic rings. The van der Waals surface area contributed by atoms with E-state index in [1.165, 1.54) is 5.56 Å². The number of hydrogen-bond acceptors (Lipinski definition) is 4. The Bertz CT molecular complexity index is 711. The number of nitrogens with one attached hydrogen (secondary N) is 2. The van der Waals surface area contributed by atoms with Crippen molar-refractivity contribution >= 4 is 5.91 Å². The zero-order valence-electron chi connectivity index (χ0n) is 14.1. The van der Waals surface area contributed by atoms with Gasteiger partial charge in [-0.1, -0.05) is 30.3 Å². The van der Waals surface area contributed by atoms with Gasteiger partial charge in [0.1, 0.15) is 0 Å². The minimum Gasteiger partial charge on any atom is -0.392 e. The third-order valence-electron chi connectivity index (χ3n) is 4.57. The summed E-state index contributed by atoms with van der Waals surface area (Å²) in [5, 5.41) is 20.1. The molecule has 1 aliphatic heterocycles. The summed E-state index contributed by atoms with van der Waals surface area (Å²) in [6.07, 6.45) is 0.0368. The number of β-amino-alcohol motifs (C(OH)–C–C–N with tert-alkyl or cyclic N) is 1. The molecule has 128 valence electrons.